The first-order valence-electron chi connectivity index (χ1n) is 4.90. The summed E-state index contributed by atoms with van der Waals surface area (Å²) in [5.74, 6) is 2.52. The van der Waals surface area contributed by atoms with E-state index in [1.165, 1.54) is 0 Å². The molecule has 0 atom stereocenters. The van der Waals surface area contributed by atoms with Crippen molar-refractivity contribution >= 4 is 10.1 Å². The van der Waals surface area contributed by atoms with Crippen LogP contribution in [0.2, 0.25) is 0 Å². The normalized spacial score (nSPS) is 10.9. The van der Waals surface area contributed by atoms with Gasteiger partial charge in [-0.1, -0.05) is 12.0 Å². The minimum absolute atomic E-state index is 0.00906. The van der Waals surface area contributed by atoms with E-state index in [4.69, 9.17) is 11.2 Å². The lowest BCUT2D eigenvalue weighted by molar-refractivity contribution is 0.350. The number of aryl methyl sites for hydroxylation is 2. The molecule has 0 unspecified atom stereocenters. The summed E-state index contributed by atoms with van der Waals surface area (Å²) in [5.41, 5.74) is 1.46. The van der Waals surface area contributed by atoms with Crippen molar-refractivity contribution in [2.45, 2.75) is 18.7 Å². The van der Waals surface area contributed by atoms with Gasteiger partial charge in [-0.2, -0.15) is 8.42 Å². The van der Waals surface area contributed by atoms with E-state index in [1.807, 2.05) is 6.92 Å². The largest absolute Gasteiger partial charge is 0.479 e. The van der Waals surface area contributed by atoms with Crippen molar-refractivity contribution in [3.05, 3.63) is 23.3 Å². The predicted molar refractivity (Wildman–Crippen MR) is 64.4 cm³/mol. The van der Waals surface area contributed by atoms with Crippen molar-refractivity contribution in [3.63, 3.8) is 0 Å². The Bertz CT molecular complexity index is 553. The smallest absolute Gasteiger partial charge is 0.300 e. The Labute approximate surface area is 102 Å². The Morgan fingerprint density at radius 1 is 1.35 bits per heavy atom. The van der Waals surface area contributed by atoms with E-state index >= 15 is 0 Å². The average Bonchev–Trinajstić information content (AvgIpc) is 2.24. The Balaban J connectivity index is 3.42. The SMILES string of the molecule is C#CCOc1cc(C)cc(C)c1S(=O)(=O)OC. The molecule has 0 saturated heterocycles. The van der Waals surface area contributed by atoms with Gasteiger partial charge in [0.1, 0.15) is 17.3 Å². The van der Waals surface area contributed by atoms with Gasteiger partial charge in [0, 0.05) is 0 Å². The summed E-state index contributed by atoms with van der Waals surface area (Å²) in [4.78, 5) is 0.0286. The lowest BCUT2D eigenvalue weighted by Gasteiger charge is -2.12. The summed E-state index contributed by atoms with van der Waals surface area (Å²) >= 11 is 0. The third-order valence-electron chi connectivity index (χ3n) is 2.17. The second kappa shape index (κ2) is 5.21. The highest BCUT2D eigenvalue weighted by Crippen LogP contribution is 2.30. The zero-order valence-corrected chi connectivity index (χ0v) is 10.8. The highest BCUT2D eigenvalue weighted by atomic mass is 32.2. The van der Waals surface area contributed by atoms with Gasteiger partial charge in [0.2, 0.25) is 0 Å². The van der Waals surface area contributed by atoms with E-state index in [2.05, 4.69) is 10.1 Å². The Morgan fingerprint density at radius 3 is 2.53 bits per heavy atom. The molecule has 0 amide bonds. The number of hydrogen-bond acceptors (Lipinski definition) is 4. The first-order valence-corrected chi connectivity index (χ1v) is 6.31. The van der Waals surface area contributed by atoms with Crippen molar-refractivity contribution in [1.29, 1.82) is 0 Å². The highest BCUT2D eigenvalue weighted by molar-refractivity contribution is 7.87. The molecule has 1 aromatic rings. The lowest BCUT2D eigenvalue weighted by atomic mass is 10.1. The first-order chi connectivity index (χ1) is 7.92. The maximum absolute atomic E-state index is 11.8. The summed E-state index contributed by atoms with van der Waals surface area (Å²) < 4.78 is 33.3. The van der Waals surface area contributed by atoms with E-state index in [0.29, 0.717) is 5.56 Å². The van der Waals surface area contributed by atoms with Gasteiger partial charge in [-0.15, -0.1) is 6.42 Å². The molecule has 0 aliphatic carbocycles. The molecule has 17 heavy (non-hydrogen) atoms. The van der Waals surface area contributed by atoms with E-state index in [-0.39, 0.29) is 17.3 Å². The summed E-state index contributed by atoms with van der Waals surface area (Å²) in [5, 5.41) is 0. The zero-order valence-electron chi connectivity index (χ0n) is 9.98. The second-order valence-electron chi connectivity index (χ2n) is 3.52. The summed E-state index contributed by atoms with van der Waals surface area (Å²) in [6.07, 6.45) is 5.09. The van der Waals surface area contributed by atoms with Crippen molar-refractivity contribution < 1.29 is 17.3 Å². The minimum Gasteiger partial charge on any atom is -0.479 e. The van der Waals surface area contributed by atoms with Crippen LogP contribution in [0.1, 0.15) is 11.1 Å². The van der Waals surface area contributed by atoms with Gasteiger partial charge < -0.3 is 4.74 Å². The molecular weight excluding hydrogens is 240 g/mol. The molecule has 92 valence electrons. The molecule has 0 N–H and O–H groups in total. The average molecular weight is 254 g/mol. The van der Waals surface area contributed by atoms with E-state index in [0.717, 1.165) is 12.7 Å². The molecule has 0 saturated carbocycles. The van der Waals surface area contributed by atoms with Crippen LogP contribution in [0.3, 0.4) is 0 Å². The molecule has 4 nitrogen and oxygen atoms in total. The van der Waals surface area contributed by atoms with Crippen LogP contribution in [0.15, 0.2) is 17.0 Å². The van der Waals surface area contributed by atoms with Crippen LogP contribution < -0.4 is 4.74 Å². The van der Waals surface area contributed by atoms with Crippen LogP contribution in [0.5, 0.6) is 5.75 Å². The molecule has 0 bridgehead atoms. The molecule has 0 heterocycles. The minimum atomic E-state index is -3.80. The van der Waals surface area contributed by atoms with Gasteiger partial charge >= 0.3 is 10.1 Å². The van der Waals surface area contributed by atoms with Gasteiger partial charge in [0.25, 0.3) is 0 Å². The molecule has 0 aromatic heterocycles. The number of benzene rings is 1. The quantitative estimate of drug-likeness (QED) is 0.605. The molecule has 0 fully saturated rings. The van der Waals surface area contributed by atoms with Gasteiger partial charge in [0.15, 0.2) is 0 Å². The van der Waals surface area contributed by atoms with Gasteiger partial charge in [-0.25, -0.2) is 0 Å². The highest BCUT2D eigenvalue weighted by Gasteiger charge is 2.22. The Kier molecular flexibility index (Phi) is 4.16. The molecule has 5 heteroatoms. The van der Waals surface area contributed by atoms with Crippen LogP contribution in [0, 0.1) is 26.2 Å². The molecule has 0 aliphatic heterocycles. The molecular formula is C12H14O4S. The predicted octanol–water partition coefficient (Wildman–Crippen LogP) is 1.65. The van der Waals surface area contributed by atoms with Gasteiger partial charge in [-0.3, -0.25) is 4.18 Å². The maximum atomic E-state index is 11.8. The maximum Gasteiger partial charge on any atom is 0.300 e. The third kappa shape index (κ3) is 2.99. The van der Waals surface area contributed by atoms with Crippen molar-refractivity contribution in [2.75, 3.05) is 13.7 Å². The number of rotatable bonds is 4. The fourth-order valence-electron chi connectivity index (χ4n) is 1.55. The van der Waals surface area contributed by atoms with Crippen molar-refractivity contribution in [1.82, 2.24) is 0 Å². The van der Waals surface area contributed by atoms with Gasteiger partial charge in [-0.05, 0) is 31.0 Å². The first kappa shape index (κ1) is 13.6. The molecule has 0 aliphatic rings. The van der Waals surface area contributed by atoms with Crippen LogP contribution >= 0.6 is 0 Å². The van der Waals surface area contributed by atoms with E-state index in [9.17, 15) is 8.42 Å². The topological polar surface area (TPSA) is 52.6 Å². The van der Waals surface area contributed by atoms with E-state index in [1.54, 1.807) is 19.1 Å². The number of ether oxygens (including phenoxy) is 1. The van der Waals surface area contributed by atoms with Crippen LogP contribution in [-0.4, -0.2) is 22.1 Å². The monoisotopic (exact) mass is 254 g/mol. The fraction of sp³-hybridized carbons (Fsp3) is 0.333. The molecule has 0 spiro atoms. The molecule has 1 aromatic carbocycles. The summed E-state index contributed by atoms with van der Waals surface area (Å²) in [6, 6.07) is 3.37. The zero-order chi connectivity index (χ0) is 13.1. The van der Waals surface area contributed by atoms with Crippen molar-refractivity contribution in [3.8, 4) is 18.1 Å². The number of terminal acetylenes is 1. The fourth-order valence-corrected chi connectivity index (χ4v) is 2.53. The van der Waals surface area contributed by atoms with E-state index < -0.39 is 10.1 Å². The van der Waals surface area contributed by atoms with Crippen molar-refractivity contribution in [2.24, 2.45) is 0 Å². The lowest BCUT2D eigenvalue weighted by Crippen LogP contribution is -2.09. The van der Waals surface area contributed by atoms with Crippen LogP contribution in [-0.2, 0) is 14.3 Å². The second-order valence-corrected chi connectivity index (χ2v) is 5.17. The van der Waals surface area contributed by atoms with Crippen LogP contribution in [0.4, 0.5) is 0 Å². The Morgan fingerprint density at radius 2 is 2.00 bits per heavy atom. The number of hydrogen-bond donors (Lipinski definition) is 0. The Hall–Kier alpha value is -1.51. The standard InChI is InChI=1S/C12H14O4S/c1-5-6-16-11-8-9(2)7-10(3)12(11)17(13,14)15-4/h1,7-8H,6H2,2-4H3. The summed E-state index contributed by atoms with van der Waals surface area (Å²) in [7, 11) is -2.69. The third-order valence-corrected chi connectivity index (χ3v) is 3.63. The summed E-state index contributed by atoms with van der Waals surface area (Å²) in [6.45, 7) is 3.54. The van der Waals surface area contributed by atoms with Gasteiger partial charge in [0.05, 0.1) is 7.11 Å². The molecule has 1 rings (SSSR count). The molecule has 0 radical (unpaired) electrons. The van der Waals surface area contributed by atoms with Crippen LogP contribution in [0.25, 0.3) is 0 Å².